The normalized spacial score (nSPS) is 22.1. The van der Waals surface area contributed by atoms with Crippen molar-refractivity contribution < 1.29 is 32.1 Å². The third-order valence-electron chi connectivity index (χ3n) is 7.20. The fourth-order valence-electron chi connectivity index (χ4n) is 5.08. The second-order valence-corrected chi connectivity index (χ2v) is 13.9. The van der Waals surface area contributed by atoms with Crippen LogP contribution in [0.3, 0.4) is 0 Å². The summed E-state index contributed by atoms with van der Waals surface area (Å²) in [5.74, 6) is 1.26. The Morgan fingerprint density at radius 3 is 1.70 bits per heavy atom. The first-order chi connectivity index (χ1) is 19.2. The van der Waals surface area contributed by atoms with Crippen molar-refractivity contribution in [3.63, 3.8) is 0 Å². The van der Waals surface area contributed by atoms with Gasteiger partial charge in [0, 0.05) is 27.8 Å². The predicted molar refractivity (Wildman–Crippen MR) is 158 cm³/mol. The van der Waals surface area contributed by atoms with Gasteiger partial charge >= 0.3 is 0 Å². The van der Waals surface area contributed by atoms with Crippen molar-refractivity contribution >= 4 is 21.6 Å². The van der Waals surface area contributed by atoms with Crippen molar-refractivity contribution in [3.05, 3.63) is 71.8 Å². The lowest BCUT2D eigenvalue weighted by Crippen LogP contribution is -2.54. The van der Waals surface area contributed by atoms with Crippen LogP contribution >= 0.6 is 0 Å². The van der Waals surface area contributed by atoms with E-state index < -0.39 is 37.7 Å². The zero-order valence-corrected chi connectivity index (χ0v) is 25.7. The minimum atomic E-state index is -1.71. The molecule has 0 amide bonds. The van der Waals surface area contributed by atoms with Gasteiger partial charge < -0.3 is 23.7 Å². The minimum absolute atomic E-state index is 0.0566. The van der Waals surface area contributed by atoms with Gasteiger partial charge in [0.15, 0.2) is 15.6 Å². The molecule has 4 atom stereocenters. The fraction of sp³-hybridized carbons (Fsp3) is 0.419. The molecule has 0 aromatic heterocycles. The zero-order chi connectivity index (χ0) is 29.0. The first-order valence-electron chi connectivity index (χ1n) is 13.2. The van der Waals surface area contributed by atoms with Crippen molar-refractivity contribution in [2.45, 2.75) is 47.7 Å². The maximum absolute atomic E-state index is 14.7. The Morgan fingerprint density at radius 2 is 1.30 bits per heavy atom. The number of methoxy groups -OCH3 is 3. The van der Waals surface area contributed by atoms with E-state index in [0.717, 1.165) is 11.1 Å². The largest absolute Gasteiger partial charge is 0.496 e. The van der Waals surface area contributed by atoms with Crippen LogP contribution in [0.5, 0.6) is 23.0 Å². The summed E-state index contributed by atoms with van der Waals surface area (Å²) < 4.78 is 57.5. The summed E-state index contributed by atoms with van der Waals surface area (Å²) in [6.07, 6.45) is -0.551. The van der Waals surface area contributed by atoms with Crippen LogP contribution in [-0.4, -0.2) is 53.1 Å². The third-order valence-corrected chi connectivity index (χ3v) is 11.8. The lowest BCUT2D eigenvalue weighted by molar-refractivity contribution is 0.0691. The molecule has 40 heavy (non-hydrogen) atoms. The molecule has 3 aromatic carbocycles. The molecule has 0 saturated carbocycles. The first-order valence-corrected chi connectivity index (χ1v) is 15.5. The molecule has 1 fully saturated rings. The van der Waals surface area contributed by atoms with Gasteiger partial charge in [0.1, 0.15) is 5.75 Å². The minimum Gasteiger partial charge on any atom is -0.496 e. The highest BCUT2D eigenvalue weighted by molar-refractivity contribution is 8.04. The van der Waals surface area contributed by atoms with Crippen LogP contribution in [0, 0.1) is 25.7 Å². The Hall–Kier alpha value is -2.88. The second-order valence-electron chi connectivity index (χ2n) is 10.3. The third kappa shape index (κ3) is 5.64. The van der Waals surface area contributed by atoms with E-state index in [1.807, 2.05) is 76.2 Å². The summed E-state index contributed by atoms with van der Waals surface area (Å²) in [4.78, 5) is 1.21. The molecule has 9 heteroatoms. The molecule has 0 N–H and O–H groups in total. The molecule has 1 heterocycles. The van der Waals surface area contributed by atoms with E-state index in [0.29, 0.717) is 32.8 Å². The fourth-order valence-corrected chi connectivity index (χ4v) is 9.69. The average Bonchev–Trinajstić information content (AvgIpc) is 3.36. The second kappa shape index (κ2) is 12.7. The molecule has 0 aliphatic carbocycles. The molecule has 1 aliphatic rings. The van der Waals surface area contributed by atoms with Crippen molar-refractivity contribution in [2.24, 2.45) is 11.8 Å². The van der Waals surface area contributed by atoms with Crippen LogP contribution in [-0.2, 0) is 26.3 Å². The van der Waals surface area contributed by atoms with Crippen LogP contribution in [0.4, 0.5) is 0 Å². The summed E-state index contributed by atoms with van der Waals surface area (Å²) in [7, 11) is 1.23. The highest BCUT2D eigenvalue weighted by Crippen LogP contribution is 2.49. The number of ether oxygens (including phenoxy) is 5. The van der Waals surface area contributed by atoms with E-state index in [1.54, 1.807) is 19.2 Å². The molecule has 2 unspecified atom stereocenters. The van der Waals surface area contributed by atoms with Gasteiger partial charge in [-0.15, -0.1) is 0 Å². The molecule has 1 aliphatic heterocycles. The molecular formula is C31H38O7S2. The van der Waals surface area contributed by atoms with Crippen LogP contribution < -0.4 is 18.9 Å². The Balaban J connectivity index is 1.84. The maximum Gasteiger partial charge on any atom is 0.203 e. The Morgan fingerprint density at radius 1 is 0.825 bits per heavy atom. The van der Waals surface area contributed by atoms with Gasteiger partial charge in [-0.2, -0.15) is 0 Å². The topological polar surface area (TPSA) is 80.3 Å². The lowest BCUT2D eigenvalue weighted by Gasteiger charge is -2.38. The number of benzene rings is 3. The molecular weight excluding hydrogens is 548 g/mol. The first kappa shape index (κ1) is 30.1. The summed E-state index contributed by atoms with van der Waals surface area (Å²) in [5.41, 5.74) is 2.10. The highest BCUT2D eigenvalue weighted by atomic mass is 32.2. The van der Waals surface area contributed by atoms with Crippen molar-refractivity contribution in [1.82, 2.24) is 0 Å². The predicted octanol–water partition coefficient (Wildman–Crippen LogP) is 5.69. The number of aryl methyl sites for hydroxylation is 2. The molecule has 0 bridgehead atoms. The van der Waals surface area contributed by atoms with Gasteiger partial charge in [0.05, 0.1) is 62.2 Å². The van der Waals surface area contributed by atoms with E-state index in [9.17, 15) is 8.42 Å². The molecule has 216 valence electrons. The number of hydrogen-bond donors (Lipinski definition) is 0. The molecule has 3 aromatic rings. The van der Waals surface area contributed by atoms with Gasteiger partial charge in [0.25, 0.3) is 0 Å². The lowest BCUT2D eigenvalue weighted by atomic mass is 9.97. The SMILES string of the molecule is COc1cc(OC)c(OC[C@@H]2CO[C@@H](C(C)C)C2(S(=O)c2ccc(C)cc2)S(=O)c2ccc(C)cc2)c(OC)c1. The van der Waals surface area contributed by atoms with Gasteiger partial charge in [-0.3, -0.25) is 8.42 Å². The highest BCUT2D eigenvalue weighted by Gasteiger charge is 2.62. The number of hydrogen-bond acceptors (Lipinski definition) is 7. The van der Waals surface area contributed by atoms with Gasteiger partial charge in [-0.1, -0.05) is 49.2 Å². The summed E-state index contributed by atoms with van der Waals surface area (Å²) >= 11 is 0. The van der Waals surface area contributed by atoms with Gasteiger partial charge in [-0.05, 0) is 44.0 Å². The molecule has 1 saturated heterocycles. The van der Waals surface area contributed by atoms with Gasteiger partial charge in [0.2, 0.25) is 5.75 Å². The maximum atomic E-state index is 14.7. The van der Waals surface area contributed by atoms with Crippen molar-refractivity contribution in [3.8, 4) is 23.0 Å². The van der Waals surface area contributed by atoms with E-state index in [1.165, 1.54) is 14.2 Å². The van der Waals surface area contributed by atoms with Crippen LogP contribution in [0.2, 0.25) is 0 Å². The monoisotopic (exact) mass is 586 g/mol. The Kier molecular flexibility index (Phi) is 9.59. The Labute approximate surface area is 242 Å². The summed E-state index contributed by atoms with van der Waals surface area (Å²) in [5, 5.41) is 0. The van der Waals surface area contributed by atoms with Crippen LogP contribution in [0.25, 0.3) is 0 Å². The van der Waals surface area contributed by atoms with Crippen LogP contribution in [0.15, 0.2) is 70.5 Å². The quantitative estimate of drug-likeness (QED) is 0.286. The van der Waals surface area contributed by atoms with Gasteiger partial charge in [-0.25, -0.2) is 0 Å². The smallest absolute Gasteiger partial charge is 0.203 e. The van der Waals surface area contributed by atoms with E-state index in [2.05, 4.69) is 0 Å². The van der Waals surface area contributed by atoms with E-state index in [4.69, 9.17) is 23.7 Å². The number of rotatable bonds is 11. The summed E-state index contributed by atoms with van der Waals surface area (Å²) in [6, 6.07) is 18.5. The molecule has 4 rings (SSSR count). The Bertz CT molecular complexity index is 1270. The van der Waals surface area contributed by atoms with Crippen LogP contribution in [0.1, 0.15) is 25.0 Å². The molecule has 0 radical (unpaired) electrons. The average molecular weight is 587 g/mol. The van der Waals surface area contributed by atoms with Crippen molar-refractivity contribution in [2.75, 3.05) is 34.5 Å². The molecule has 0 spiro atoms. The standard InChI is InChI=1S/C31H38O7S2/c1-20(2)30-31(39(32)25-12-8-21(3)9-13-25,40(33)26-14-10-22(4)11-15-26)23(19-38-30)18-37-29-27(35-6)16-24(34-5)17-28(29)36-7/h8-17,20,23,30H,18-19H2,1-7H3/t23-,30+,31?,39?,40?/m1/s1. The van der Waals surface area contributed by atoms with Crippen molar-refractivity contribution in [1.29, 1.82) is 0 Å². The zero-order valence-electron chi connectivity index (χ0n) is 24.1. The van der Waals surface area contributed by atoms with E-state index in [-0.39, 0.29) is 19.1 Å². The van der Waals surface area contributed by atoms with E-state index >= 15 is 0 Å². The molecule has 7 nitrogen and oxygen atoms in total. The summed E-state index contributed by atoms with van der Waals surface area (Å²) in [6.45, 7) is 8.30.